The van der Waals surface area contributed by atoms with Gasteiger partial charge in [-0.1, -0.05) is 0 Å². The summed E-state index contributed by atoms with van der Waals surface area (Å²) in [6.07, 6.45) is 8.83. The van der Waals surface area contributed by atoms with E-state index >= 15 is 0 Å². The van der Waals surface area contributed by atoms with Crippen LogP contribution in [-0.4, -0.2) is 15.2 Å². The van der Waals surface area contributed by atoms with Gasteiger partial charge < -0.3 is 0 Å². The quantitative estimate of drug-likeness (QED) is 0.680. The van der Waals surface area contributed by atoms with E-state index in [0.29, 0.717) is 5.38 Å². The van der Waals surface area contributed by atoms with Gasteiger partial charge in [0.25, 0.3) is 0 Å². The SMILES string of the molecule is Cn1cc(CCC(Cl)C2CC2)cn1. The normalized spacial score (nSPS) is 18.9. The molecule has 0 radical (unpaired) electrons. The molecular weight excluding hydrogens is 184 g/mol. The van der Waals surface area contributed by atoms with Crippen molar-refractivity contribution >= 4 is 11.6 Å². The van der Waals surface area contributed by atoms with Gasteiger partial charge >= 0.3 is 0 Å². The number of aryl methyl sites for hydroxylation is 2. The van der Waals surface area contributed by atoms with Crippen molar-refractivity contribution in [2.75, 3.05) is 0 Å². The fourth-order valence-corrected chi connectivity index (χ4v) is 1.96. The molecule has 1 aliphatic carbocycles. The average Bonchev–Trinajstić information content (AvgIpc) is 2.87. The Kier molecular flexibility index (Phi) is 2.58. The first-order chi connectivity index (χ1) is 6.25. The largest absolute Gasteiger partial charge is 0.276 e. The lowest BCUT2D eigenvalue weighted by molar-refractivity contribution is 0.676. The molecule has 3 heteroatoms. The van der Waals surface area contributed by atoms with Crippen molar-refractivity contribution in [3.63, 3.8) is 0 Å². The molecule has 1 fully saturated rings. The van der Waals surface area contributed by atoms with Gasteiger partial charge in [0, 0.05) is 18.6 Å². The highest BCUT2D eigenvalue weighted by Crippen LogP contribution is 2.37. The van der Waals surface area contributed by atoms with E-state index in [-0.39, 0.29) is 0 Å². The van der Waals surface area contributed by atoms with Crippen molar-refractivity contribution in [3.05, 3.63) is 18.0 Å². The van der Waals surface area contributed by atoms with Crippen molar-refractivity contribution in [1.82, 2.24) is 9.78 Å². The molecule has 1 aromatic heterocycles. The number of halogens is 1. The first kappa shape index (κ1) is 9.07. The molecule has 0 N–H and O–H groups in total. The highest BCUT2D eigenvalue weighted by Gasteiger charge is 2.29. The number of rotatable bonds is 4. The Morgan fingerprint density at radius 1 is 1.69 bits per heavy atom. The summed E-state index contributed by atoms with van der Waals surface area (Å²) in [4.78, 5) is 0. The highest BCUT2D eigenvalue weighted by molar-refractivity contribution is 6.20. The van der Waals surface area contributed by atoms with Gasteiger partial charge in [-0.2, -0.15) is 5.10 Å². The summed E-state index contributed by atoms with van der Waals surface area (Å²) in [7, 11) is 1.95. The van der Waals surface area contributed by atoms with Crippen LogP contribution < -0.4 is 0 Å². The fourth-order valence-electron chi connectivity index (χ4n) is 1.60. The van der Waals surface area contributed by atoms with Gasteiger partial charge in [0.15, 0.2) is 0 Å². The van der Waals surface area contributed by atoms with Crippen LogP contribution in [-0.2, 0) is 13.5 Å². The fraction of sp³-hybridized carbons (Fsp3) is 0.700. The van der Waals surface area contributed by atoms with Crippen molar-refractivity contribution in [1.29, 1.82) is 0 Å². The Hall–Kier alpha value is -0.500. The number of aromatic nitrogens is 2. The Morgan fingerprint density at radius 2 is 2.46 bits per heavy atom. The van der Waals surface area contributed by atoms with Crippen molar-refractivity contribution in [2.24, 2.45) is 13.0 Å². The minimum atomic E-state index is 0.389. The lowest BCUT2D eigenvalue weighted by Crippen LogP contribution is -2.02. The van der Waals surface area contributed by atoms with Crippen LogP contribution in [0.1, 0.15) is 24.8 Å². The molecule has 0 aliphatic heterocycles. The number of alkyl halides is 1. The van der Waals surface area contributed by atoms with Crippen molar-refractivity contribution < 1.29 is 0 Å². The van der Waals surface area contributed by atoms with Gasteiger partial charge in [-0.3, -0.25) is 4.68 Å². The standard InChI is InChI=1S/C10H15ClN2/c1-13-7-8(6-12-13)2-5-10(11)9-3-4-9/h6-7,9-10H,2-5H2,1H3. The summed E-state index contributed by atoms with van der Waals surface area (Å²) in [5.41, 5.74) is 1.30. The molecule has 0 saturated heterocycles. The third-order valence-corrected chi connectivity index (χ3v) is 3.18. The van der Waals surface area contributed by atoms with E-state index in [4.69, 9.17) is 11.6 Å². The second-order valence-electron chi connectivity index (χ2n) is 3.91. The molecule has 2 rings (SSSR count). The predicted molar refractivity (Wildman–Crippen MR) is 53.9 cm³/mol. The molecule has 2 nitrogen and oxygen atoms in total. The van der Waals surface area contributed by atoms with E-state index in [1.165, 1.54) is 18.4 Å². The van der Waals surface area contributed by atoms with E-state index in [1.807, 2.05) is 17.9 Å². The Bertz CT molecular complexity index is 278. The summed E-state index contributed by atoms with van der Waals surface area (Å²) < 4.78 is 1.84. The molecule has 72 valence electrons. The Morgan fingerprint density at radius 3 is 3.00 bits per heavy atom. The zero-order valence-corrected chi connectivity index (χ0v) is 8.67. The van der Waals surface area contributed by atoms with Crippen molar-refractivity contribution in [3.8, 4) is 0 Å². The zero-order chi connectivity index (χ0) is 9.26. The first-order valence-electron chi connectivity index (χ1n) is 4.87. The second-order valence-corrected chi connectivity index (χ2v) is 4.47. The monoisotopic (exact) mass is 198 g/mol. The smallest absolute Gasteiger partial charge is 0.0521 e. The summed E-state index contributed by atoms with van der Waals surface area (Å²) in [6.45, 7) is 0. The maximum absolute atomic E-state index is 6.21. The minimum absolute atomic E-state index is 0.389. The third kappa shape index (κ3) is 2.47. The molecule has 1 saturated carbocycles. The van der Waals surface area contributed by atoms with Crippen LogP contribution in [0.4, 0.5) is 0 Å². The second kappa shape index (κ2) is 3.70. The predicted octanol–water partition coefficient (Wildman–Crippen LogP) is 2.37. The number of nitrogens with zero attached hydrogens (tertiary/aromatic N) is 2. The van der Waals surface area contributed by atoms with Crippen LogP contribution in [0.15, 0.2) is 12.4 Å². The van der Waals surface area contributed by atoms with Crippen LogP contribution in [0.3, 0.4) is 0 Å². The third-order valence-electron chi connectivity index (χ3n) is 2.60. The van der Waals surface area contributed by atoms with Gasteiger partial charge in [0.05, 0.1) is 6.20 Å². The summed E-state index contributed by atoms with van der Waals surface area (Å²) in [5, 5.41) is 4.52. The Balaban J connectivity index is 1.78. The molecule has 1 unspecified atom stereocenters. The topological polar surface area (TPSA) is 17.8 Å². The maximum Gasteiger partial charge on any atom is 0.0521 e. The van der Waals surface area contributed by atoms with E-state index < -0.39 is 0 Å². The van der Waals surface area contributed by atoms with Crippen molar-refractivity contribution in [2.45, 2.75) is 31.1 Å². The van der Waals surface area contributed by atoms with Crippen LogP contribution in [0.2, 0.25) is 0 Å². The lowest BCUT2D eigenvalue weighted by atomic mass is 10.1. The lowest BCUT2D eigenvalue weighted by Gasteiger charge is -2.05. The molecule has 13 heavy (non-hydrogen) atoms. The van der Waals surface area contributed by atoms with E-state index in [1.54, 1.807) is 0 Å². The van der Waals surface area contributed by atoms with Gasteiger partial charge in [0.1, 0.15) is 0 Å². The van der Waals surface area contributed by atoms with Gasteiger partial charge in [-0.15, -0.1) is 11.6 Å². The number of hydrogen-bond acceptors (Lipinski definition) is 1. The van der Waals surface area contributed by atoms with Crippen LogP contribution in [0, 0.1) is 5.92 Å². The minimum Gasteiger partial charge on any atom is -0.276 e. The zero-order valence-electron chi connectivity index (χ0n) is 7.91. The molecule has 0 bridgehead atoms. The summed E-state index contributed by atoms with van der Waals surface area (Å²) >= 11 is 6.21. The first-order valence-corrected chi connectivity index (χ1v) is 5.31. The Labute approximate surface area is 83.9 Å². The molecular formula is C10H15ClN2. The molecule has 1 atom stereocenters. The molecule has 1 aromatic rings. The molecule has 1 aliphatic rings. The van der Waals surface area contributed by atoms with Gasteiger partial charge in [-0.05, 0) is 37.2 Å². The van der Waals surface area contributed by atoms with E-state index in [2.05, 4.69) is 11.3 Å². The van der Waals surface area contributed by atoms with E-state index in [0.717, 1.165) is 18.8 Å². The van der Waals surface area contributed by atoms with E-state index in [9.17, 15) is 0 Å². The van der Waals surface area contributed by atoms with Crippen LogP contribution in [0.25, 0.3) is 0 Å². The van der Waals surface area contributed by atoms with Gasteiger partial charge in [0.2, 0.25) is 0 Å². The molecule has 0 spiro atoms. The highest BCUT2D eigenvalue weighted by atomic mass is 35.5. The average molecular weight is 199 g/mol. The molecule has 1 heterocycles. The molecule has 0 aromatic carbocycles. The van der Waals surface area contributed by atoms with Crippen LogP contribution >= 0.6 is 11.6 Å². The maximum atomic E-state index is 6.21. The molecule has 0 amide bonds. The summed E-state index contributed by atoms with van der Waals surface area (Å²) in [5.74, 6) is 0.804. The van der Waals surface area contributed by atoms with Gasteiger partial charge in [-0.25, -0.2) is 0 Å². The van der Waals surface area contributed by atoms with Crippen LogP contribution in [0.5, 0.6) is 0 Å². The number of hydrogen-bond donors (Lipinski definition) is 0. The summed E-state index contributed by atoms with van der Waals surface area (Å²) in [6, 6.07) is 0.